The summed E-state index contributed by atoms with van der Waals surface area (Å²) >= 11 is 0. The van der Waals surface area contributed by atoms with Crippen LogP contribution >= 0.6 is 0 Å². The molecule has 1 saturated carbocycles. The zero-order valence-corrected chi connectivity index (χ0v) is 15.4. The van der Waals surface area contributed by atoms with Crippen LogP contribution in [0.5, 0.6) is 5.75 Å². The quantitative estimate of drug-likeness (QED) is 0.808. The van der Waals surface area contributed by atoms with Crippen molar-refractivity contribution in [3.63, 3.8) is 0 Å². The molecule has 0 spiro atoms. The van der Waals surface area contributed by atoms with Gasteiger partial charge < -0.3 is 15.0 Å². The van der Waals surface area contributed by atoms with E-state index in [1.165, 1.54) is 10.5 Å². The van der Waals surface area contributed by atoms with Crippen LogP contribution in [0.2, 0.25) is 0 Å². The summed E-state index contributed by atoms with van der Waals surface area (Å²) in [6, 6.07) is 16.0. The normalized spacial score (nSPS) is 17.1. The molecule has 6 nitrogen and oxygen atoms in total. The fraction of sp³-hybridized carbons (Fsp3) is 0.333. The molecule has 1 unspecified atom stereocenters. The van der Waals surface area contributed by atoms with Crippen LogP contribution < -0.4 is 19.9 Å². The van der Waals surface area contributed by atoms with Gasteiger partial charge in [-0.3, -0.25) is 14.5 Å². The molecule has 4 rings (SSSR count). The van der Waals surface area contributed by atoms with Gasteiger partial charge in [0.25, 0.3) is 5.91 Å². The molecule has 0 aromatic heterocycles. The van der Waals surface area contributed by atoms with Gasteiger partial charge in [-0.25, -0.2) is 0 Å². The molecule has 2 amide bonds. The number of para-hydroxylation sites is 2. The number of hydrogen-bond acceptors (Lipinski definition) is 3. The Kier molecular flexibility index (Phi) is 4.81. The lowest BCUT2D eigenvalue weighted by Crippen LogP contribution is -3.13. The molecule has 2 N–H and O–H groups in total. The molecule has 1 atom stereocenters. The largest absolute Gasteiger partial charge is 0.497 e. The Bertz CT molecular complexity index is 846. The van der Waals surface area contributed by atoms with E-state index >= 15 is 0 Å². The molecule has 0 bridgehead atoms. The maximum atomic E-state index is 13.0. The van der Waals surface area contributed by atoms with Crippen molar-refractivity contribution in [2.75, 3.05) is 30.4 Å². The number of carbonyl (C=O) groups excluding carboxylic acids is 2. The van der Waals surface area contributed by atoms with Gasteiger partial charge in [-0.1, -0.05) is 12.1 Å². The van der Waals surface area contributed by atoms with Crippen molar-refractivity contribution < 1.29 is 19.2 Å². The van der Waals surface area contributed by atoms with Crippen molar-refractivity contribution in [2.24, 2.45) is 0 Å². The van der Waals surface area contributed by atoms with Crippen LogP contribution in [-0.4, -0.2) is 38.1 Å². The third kappa shape index (κ3) is 3.95. The first-order valence-corrected chi connectivity index (χ1v) is 9.31. The highest BCUT2D eigenvalue weighted by Gasteiger charge is 2.37. The summed E-state index contributed by atoms with van der Waals surface area (Å²) in [6.07, 6.45) is 2.30. The minimum Gasteiger partial charge on any atom is -0.497 e. The number of carbonyl (C=O) groups is 2. The van der Waals surface area contributed by atoms with Crippen molar-refractivity contribution in [1.82, 2.24) is 0 Å². The van der Waals surface area contributed by atoms with Crippen LogP contribution in [0.4, 0.5) is 11.4 Å². The predicted octanol–water partition coefficient (Wildman–Crippen LogP) is 1.23. The monoisotopic (exact) mass is 366 g/mol. The van der Waals surface area contributed by atoms with Crippen LogP contribution in [0.1, 0.15) is 18.4 Å². The average molecular weight is 366 g/mol. The summed E-state index contributed by atoms with van der Waals surface area (Å²) in [5.74, 6) is 0.677. The number of anilines is 2. The molecule has 6 heteroatoms. The maximum Gasteiger partial charge on any atom is 0.282 e. The number of rotatable bonds is 6. The number of hydrogen-bond donors (Lipinski definition) is 2. The third-order valence-electron chi connectivity index (χ3n) is 5.19. The molecule has 0 radical (unpaired) electrons. The van der Waals surface area contributed by atoms with E-state index in [0.29, 0.717) is 18.3 Å². The Balaban J connectivity index is 1.49. The van der Waals surface area contributed by atoms with Crippen molar-refractivity contribution in [1.29, 1.82) is 0 Å². The Morgan fingerprint density at radius 2 is 1.93 bits per heavy atom. The van der Waals surface area contributed by atoms with Gasteiger partial charge in [0.1, 0.15) is 18.8 Å². The van der Waals surface area contributed by atoms with Gasteiger partial charge in [0.15, 0.2) is 6.54 Å². The zero-order chi connectivity index (χ0) is 18.8. The first-order valence-electron chi connectivity index (χ1n) is 9.31. The highest BCUT2D eigenvalue weighted by molar-refractivity contribution is 6.10. The second kappa shape index (κ2) is 7.40. The van der Waals surface area contributed by atoms with E-state index < -0.39 is 0 Å². The van der Waals surface area contributed by atoms with Crippen LogP contribution in [0.3, 0.4) is 0 Å². The summed E-state index contributed by atoms with van der Waals surface area (Å²) < 4.78 is 5.22. The van der Waals surface area contributed by atoms with Gasteiger partial charge in [0.05, 0.1) is 24.5 Å². The highest BCUT2D eigenvalue weighted by Crippen LogP contribution is 2.28. The van der Waals surface area contributed by atoms with Crippen molar-refractivity contribution in [3.05, 3.63) is 54.1 Å². The van der Waals surface area contributed by atoms with Gasteiger partial charge in [-0.2, -0.15) is 0 Å². The summed E-state index contributed by atoms with van der Waals surface area (Å²) in [5.41, 5.74) is 2.66. The van der Waals surface area contributed by atoms with Gasteiger partial charge in [0, 0.05) is 18.4 Å². The standard InChI is InChI=1S/C21H23N3O3/c1-27-17-10-6-15(7-11-17)12-23(16-8-9-16)14-21(26)24-13-20(25)22-18-4-2-3-5-19(18)24/h2-7,10-11,16H,8-9,12-14H2,1H3,(H,22,25)/p+1. The summed E-state index contributed by atoms with van der Waals surface area (Å²) in [4.78, 5) is 27.9. The Morgan fingerprint density at radius 3 is 2.63 bits per heavy atom. The third-order valence-corrected chi connectivity index (χ3v) is 5.19. The van der Waals surface area contributed by atoms with Crippen molar-refractivity contribution in [2.45, 2.75) is 25.4 Å². The SMILES string of the molecule is COc1ccc(C[NH+](CC(=O)N2CC(=O)Nc3ccccc32)C2CC2)cc1. The number of quaternary nitrogens is 1. The van der Waals surface area contributed by atoms with E-state index in [1.807, 2.05) is 36.4 Å². The second-order valence-electron chi connectivity index (χ2n) is 7.18. The van der Waals surface area contributed by atoms with Crippen LogP contribution in [0.15, 0.2) is 48.5 Å². The van der Waals surface area contributed by atoms with Crippen molar-refractivity contribution >= 4 is 23.2 Å². The van der Waals surface area contributed by atoms with Crippen LogP contribution in [-0.2, 0) is 16.1 Å². The molecule has 1 aliphatic carbocycles. The molecule has 2 aromatic rings. The zero-order valence-electron chi connectivity index (χ0n) is 15.4. The first kappa shape index (κ1) is 17.5. The van der Waals surface area contributed by atoms with E-state index in [9.17, 15) is 9.59 Å². The second-order valence-corrected chi connectivity index (χ2v) is 7.18. The summed E-state index contributed by atoms with van der Waals surface area (Å²) in [6.45, 7) is 1.26. The molecular weight excluding hydrogens is 342 g/mol. The lowest BCUT2D eigenvalue weighted by molar-refractivity contribution is -0.917. The molecule has 27 heavy (non-hydrogen) atoms. The topological polar surface area (TPSA) is 63.1 Å². The number of nitrogens with one attached hydrogen (secondary N) is 2. The Labute approximate surface area is 158 Å². The Morgan fingerprint density at radius 1 is 1.19 bits per heavy atom. The van der Waals surface area contributed by atoms with Gasteiger partial charge in [0.2, 0.25) is 5.91 Å². The summed E-state index contributed by atoms with van der Waals surface area (Å²) in [5, 5.41) is 2.83. The number of benzene rings is 2. The number of ether oxygens (including phenoxy) is 1. The molecule has 1 heterocycles. The molecule has 2 aliphatic rings. The molecule has 0 saturated heterocycles. The highest BCUT2D eigenvalue weighted by atomic mass is 16.5. The average Bonchev–Trinajstić information content (AvgIpc) is 3.52. The Hall–Kier alpha value is -2.86. The van der Waals surface area contributed by atoms with E-state index in [1.54, 1.807) is 12.0 Å². The minimum atomic E-state index is -0.148. The fourth-order valence-corrected chi connectivity index (χ4v) is 3.59. The molecule has 140 valence electrons. The first-order chi connectivity index (χ1) is 13.1. The van der Waals surface area contributed by atoms with Gasteiger partial charge in [-0.05, 0) is 36.4 Å². The van der Waals surface area contributed by atoms with E-state index in [4.69, 9.17) is 4.74 Å². The number of amides is 2. The molecular formula is C21H24N3O3+. The predicted molar refractivity (Wildman–Crippen MR) is 103 cm³/mol. The molecule has 1 aliphatic heterocycles. The van der Waals surface area contributed by atoms with E-state index in [0.717, 1.165) is 30.8 Å². The summed E-state index contributed by atoms with van der Waals surface area (Å²) in [7, 11) is 1.65. The van der Waals surface area contributed by atoms with Gasteiger partial charge in [-0.15, -0.1) is 0 Å². The van der Waals surface area contributed by atoms with E-state index in [-0.39, 0.29) is 18.4 Å². The smallest absolute Gasteiger partial charge is 0.282 e. The molecule has 1 fully saturated rings. The number of fused-ring (bicyclic) bond motifs is 1. The van der Waals surface area contributed by atoms with Crippen LogP contribution in [0.25, 0.3) is 0 Å². The molecule has 2 aromatic carbocycles. The van der Waals surface area contributed by atoms with Crippen molar-refractivity contribution in [3.8, 4) is 5.75 Å². The number of nitrogens with zero attached hydrogens (tertiary/aromatic N) is 1. The maximum absolute atomic E-state index is 13.0. The van der Waals surface area contributed by atoms with Gasteiger partial charge >= 0.3 is 0 Å². The van der Waals surface area contributed by atoms with E-state index in [2.05, 4.69) is 17.4 Å². The fourth-order valence-electron chi connectivity index (χ4n) is 3.59. The lowest BCUT2D eigenvalue weighted by Gasteiger charge is -2.30. The lowest BCUT2D eigenvalue weighted by atomic mass is 10.1. The minimum absolute atomic E-state index is 0.00675. The number of methoxy groups -OCH3 is 1. The van der Waals surface area contributed by atoms with Crippen LogP contribution in [0, 0.1) is 0 Å².